The Hall–Kier alpha value is -2.70. The van der Waals surface area contributed by atoms with E-state index in [-0.39, 0.29) is 5.28 Å². The van der Waals surface area contributed by atoms with Gasteiger partial charge in [-0.25, -0.2) is 9.97 Å². The topological polar surface area (TPSA) is 49.6 Å². The summed E-state index contributed by atoms with van der Waals surface area (Å²) >= 11 is 6.04. The van der Waals surface area contributed by atoms with E-state index >= 15 is 0 Å². The van der Waals surface area contributed by atoms with Crippen molar-refractivity contribution in [3.05, 3.63) is 71.5 Å². The third-order valence-electron chi connectivity index (χ3n) is 3.09. The second-order valence-corrected chi connectivity index (χ2v) is 4.77. The highest BCUT2D eigenvalue weighted by molar-refractivity contribution is 6.28. The van der Waals surface area contributed by atoms with Gasteiger partial charge < -0.3 is 0 Å². The average molecular weight is 292 g/mol. The molecule has 0 radical (unpaired) electrons. The summed E-state index contributed by atoms with van der Waals surface area (Å²) < 4.78 is 0. The number of hydrogen-bond donors (Lipinski definition) is 0. The second-order valence-electron chi connectivity index (χ2n) is 4.43. The normalized spacial score (nSPS) is 10.1. The summed E-state index contributed by atoms with van der Waals surface area (Å²) in [5.74, 6) is 0. The van der Waals surface area contributed by atoms with E-state index < -0.39 is 0 Å². The van der Waals surface area contributed by atoms with Gasteiger partial charge in [0, 0.05) is 11.1 Å². The van der Waals surface area contributed by atoms with Crippen LogP contribution >= 0.6 is 11.6 Å². The van der Waals surface area contributed by atoms with Crippen molar-refractivity contribution in [1.29, 1.82) is 5.26 Å². The zero-order valence-corrected chi connectivity index (χ0v) is 11.7. The molecule has 3 nitrogen and oxygen atoms in total. The fourth-order valence-corrected chi connectivity index (χ4v) is 2.30. The molecule has 0 saturated heterocycles. The summed E-state index contributed by atoms with van der Waals surface area (Å²) in [7, 11) is 0. The van der Waals surface area contributed by atoms with Crippen LogP contribution in [0.4, 0.5) is 0 Å². The molecule has 0 aliphatic rings. The summed E-state index contributed by atoms with van der Waals surface area (Å²) in [6, 6.07) is 21.1. The van der Waals surface area contributed by atoms with E-state index in [2.05, 4.69) is 16.0 Å². The van der Waals surface area contributed by atoms with E-state index in [0.717, 1.165) is 16.8 Å². The molecule has 0 bridgehead atoms. The number of nitriles is 1. The molecule has 0 amide bonds. The van der Waals surface area contributed by atoms with Gasteiger partial charge in [-0.3, -0.25) is 0 Å². The maximum Gasteiger partial charge on any atom is 0.223 e. The van der Waals surface area contributed by atoms with Gasteiger partial charge in [-0.1, -0.05) is 48.5 Å². The van der Waals surface area contributed by atoms with Crippen LogP contribution in [0.25, 0.3) is 22.5 Å². The molecule has 0 saturated carbocycles. The van der Waals surface area contributed by atoms with Gasteiger partial charge in [-0.05, 0) is 23.7 Å². The molecule has 4 heteroatoms. The minimum Gasteiger partial charge on any atom is -0.218 e. The maximum absolute atomic E-state index is 9.21. The molecule has 0 unspecified atom stereocenters. The predicted molar refractivity (Wildman–Crippen MR) is 82.6 cm³/mol. The quantitative estimate of drug-likeness (QED) is 0.660. The van der Waals surface area contributed by atoms with E-state index in [1.54, 1.807) is 6.07 Å². The van der Waals surface area contributed by atoms with Crippen LogP contribution in [-0.2, 0) is 0 Å². The lowest BCUT2D eigenvalue weighted by atomic mass is 10.0. The Morgan fingerprint density at radius 3 is 2.29 bits per heavy atom. The Labute approximate surface area is 127 Å². The predicted octanol–water partition coefficient (Wildman–Crippen LogP) is 4.34. The lowest BCUT2D eigenvalue weighted by molar-refractivity contribution is 1.17. The summed E-state index contributed by atoms with van der Waals surface area (Å²) in [5, 5.41) is 9.37. The molecule has 0 aliphatic heterocycles. The number of hydrogen-bond acceptors (Lipinski definition) is 3. The van der Waals surface area contributed by atoms with Gasteiger partial charge in [0.05, 0.1) is 23.0 Å². The molecule has 1 aromatic heterocycles. The van der Waals surface area contributed by atoms with E-state index in [1.165, 1.54) is 0 Å². The molecule has 3 aromatic rings. The third-order valence-corrected chi connectivity index (χ3v) is 3.26. The Morgan fingerprint density at radius 1 is 0.857 bits per heavy atom. The minimum atomic E-state index is 0.166. The van der Waals surface area contributed by atoms with Crippen LogP contribution in [0.5, 0.6) is 0 Å². The molecule has 2 aromatic carbocycles. The molecule has 100 valence electrons. The molecule has 0 aliphatic carbocycles. The van der Waals surface area contributed by atoms with Crippen LogP contribution in [0, 0.1) is 11.3 Å². The van der Waals surface area contributed by atoms with Crippen LogP contribution in [-0.4, -0.2) is 9.97 Å². The lowest BCUT2D eigenvalue weighted by Crippen LogP contribution is -1.93. The molecule has 0 fully saturated rings. The van der Waals surface area contributed by atoms with Crippen LogP contribution in [0.2, 0.25) is 5.28 Å². The monoisotopic (exact) mass is 291 g/mol. The van der Waals surface area contributed by atoms with Gasteiger partial charge in [0.2, 0.25) is 5.28 Å². The van der Waals surface area contributed by atoms with E-state index in [1.807, 2.05) is 54.6 Å². The van der Waals surface area contributed by atoms with Crippen molar-refractivity contribution in [1.82, 2.24) is 9.97 Å². The first-order chi connectivity index (χ1) is 10.3. The number of nitrogens with zero attached hydrogens (tertiary/aromatic N) is 3. The zero-order chi connectivity index (χ0) is 14.7. The van der Waals surface area contributed by atoms with Gasteiger partial charge >= 0.3 is 0 Å². The van der Waals surface area contributed by atoms with Crippen molar-refractivity contribution in [3.8, 4) is 28.6 Å². The summed E-state index contributed by atoms with van der Waals surface area (Å²) in [5.41, 5.74) is 3.65. The van der Waals surface area contributed by atoms with Gasteiger partial charge in [0.25, 0.3) is 0 Å². The van der Waals surface area contributed by atoms with E-state index in [9.17, 15) is 5.26 Å². The van der Waals surface area contributed by atoms with Crippen molar-refractivity contribution in [2.75, 3.05) is 0 Å². The average Bonchev–Trinajstić information content (AvgIpc) is 2.55. The van der Waals surface area contributed by atoms with Crippen LogP contribution in [0.1, 0.15) is 5.56 Å². The van der Waals surface area contributed by atoms with Gasteiger partial charge in [0.1, 0.15) is 0 Å². The molecule has 0 N–H and O–H groups in total. The maximum atomic E-state index is 9.21. The van der Waals surface area contributed by atoms with Crippen LogP contribution < -0.4 is 0 Å². The molecule has 21 heavy (non-hydrogen) atoms. The molecule has 3 rings (SSSR count). The van der Waals surface area contributed by atoms with Gasteiger partial charge in [-0.15, -0.1) is 0 Å². The Kier molecular flexibility index (Phi) is 3.63. The number of aromatic nitrogens is 2. The molecular formula is C17H10ClN3. The van der Waals surface area contributed by atoms with Crippen LogP contribution in [0.3, 0.4) is 0 Å². The standard InChI is InChI=1S/C17H10ClN3/c18-17-20-15(12-6-2-1-3-7-12)10-16(21-17)14-9-5-4-8-13(14)11-19/h1-10H. The largest absolute Gasteiger partial charge is 0.223 e. The third kappa shape index (κ3) is 2.76. The fourth-order valence-electron chi connectivity index (χ4n) is 2.12. The SMILES string of the molecule is N#Cc1ccccc1-c1cc(-c2ccccc2)nc(Cl)n1. The highest BCUT2D eigenvalue weighted by atomic mass is 35.5. The summed E-state index contributed by atoms with van der Waals surface area (Å²) in [4.78, 5) is 8.50. The first-order valence-electron chi connectivity index (χ1n) is 6.37. The molecule has 1 heterocycles. The zero-order valence-electron chi connectivity index (χ0n) is 11.0. The first kappa shape index (κ1) is 13.3. The smallest absolute Gasteiger partial charge is 0.218 e. The fraction of sp³-hybridized carbons (Fsp3) is 0. The first-order valence-corrected chi connectivity index (χ1v) is 6.75. The summed E-state index contributed by atoms with van der Waals surface area (Å²) in [6.07, 6.45) is 0. The van der Waals surface area contributed by atoms with Crippen LogP contribution in [0.15, 0.2) is 60.7 Å². The highest BCUT2D eigenvalue weighted by Gasteiger charge is 2.10. The number of rotatable bonds is 2. The highest BCUT2D eigenvalue weighted by Crippen LogP contribution is 2.27. The molecule has 0 atom stereocenters. The van der Waals surface area contributed by atoms with E-state index in [0.29, 0.717) is 11.3 Å². The second kappa shape index (κ2) is 5.74. The lowest BCUT2D eigenvalue weighted by Gasteiger charge is -2.07. The number of benzene rings is 2. The Bertz CT molecular complexity index is 823. The number of halogens is 1. The van der Waals surface area contributed by atoms with E-state index in [4.69, 9.17) is 11.6 Å². The van der Waals surface area contributed by atoms with Crippen molar-refractivity contribution >= 4 is 11.6 Å². The Morgan fingerprint density at radius 2 is 1.52 bits per heavy atom. The van der Waals surface area contributed by atoms with Crippen molar-refractivity contribution in [3.63, 3.8) is 0 Å². The summed E-state index contributed by atoms with van der Waals surface area (Å²) in [6.45, 7) is 0. The molecule has 0 spiro atoms. The van der Waals surface area contributed by atoms with Gasteiger partial charge in [-0.2, -0.15) is 5.26 Å². The molecular weight excluding hydrogens is 282 g/mol. The Balaban J connectivity index is 2.17. The van der Waals surface area contributed by atoms with Gasteiger partial charge in [0.15, 0.2) is 0 Å². The van der Waals surface area contributed by atoms with Crippen molar-refractivity contribution in [2.24, 2.45) is 0 Å². The van der Waals surface area contributed by atoms with Crippen molar-refractivity contribution in [2.45, 2.75) is 0 Å². The van der Waals surface area contributed by atoms with Crippen molar-refractivity contribution < 1.29 is 0 Å². The minimum absolute atomic E-state index is 0.166.